The molecule has 2 N–H and O–H groups in total. The molecule has 0 aliphatic carbocycles. The maximum Gasteiger partial charge on any atom is 0.219 e. The van der Waals surface area contributed by atoms with E-state index in [1.807, 2.05) is 0 Å². The highest BCUT2D eigenvalue weighted by Crippen LogP contribution is 2.24. The van der Waals surface area contributed by atoms with Gasteiger partial charge in [-0.3, -0.25) is 0 Å². The predicted molar refractivity (Wildman–Crippen MR) is 51.8 cm³/mol. The van der Waals surface area contributed by atoms with Gasteiger partial charge < -0.3 is 5.73 Å². The first-order chi connectivity index (χ1) is 7.58. The Morgan fingerprint density at radius 2 is 1.44 bits per heavy atom. The maximum atomic E-state index is 13.3. The molecule has 1 aromatic heterocycles. The van der Waals surface area contributed by atoms with Gasteiger partial charge in [-0.25, -0.2) is 23.1 Å². The first-order valence-corrected chi connectivity index (χ1v) is 4.30. The second-order valence-electron chi connectivity index (χ2n) is 3.08. The Morgan fingerprint density at radius 3 is 2.06 bits per heavy atom. The van der Waals surface area contributed by atoms with E-state index < -0.39 is 17.5 Å². The Balaban J connectivity index is 2.56. The van der Waals surface area contributed by atoms with Crippen LogP contribution in [0, 0.1) is 17.5 Å². The van der Waals surface area contributed by atoms with Gasteiger partial charge in [0.1, 0.15) is 5.82 Å². The molecule has 2 aromatic rings. The summed E-state index contributed by atoms with van der Waals surface area (Å²) in [5.74, 6) is -3.23. The lowest BCUT2D eigenvalue weighted by atomic mass is 10.1. The van der Waals surface area contributed by atoms with Gasteiger partial charge in [0.05, 0.1) is 0 Å². The number of nitrogen functional groups attached to an aromatic ring is 1. The summed E-state index contributed by atoms with van der Waals surface area (Å²) < 4.78 is 38.9. The minimum absolute atomic E-state index is 0.0201. The van der Waals surface area contributed by atoms with Gasteiger partial charge in [-0.15, -0.1) is 0 Å². The second kappa shape index (κ2) is 3.80. The van der Waals surface area contributed by atoms with Crippen LogP contribution < -0.4 is 5.73 Å². The molecule has 1 aromatic carbocycles. The molecule has 0 unspecified atom stereocenters. The van der Waals surface area contributed by atoms with E-state index in [-0.39, 0.29) is 17.1 Å². The number of hydrogen-bond donors (Lipinski definition) is 1. The van der Waals surface area contributed by atoms with Gasteiger partial charge in [0.2, 0.25) is 5.95 Å². The molecule has 1 heterocycles. The number of halogens is 3. The number of aromatic nitrogens is 2. The molecular formula is C10H6F3N3. The van der Waals surface area contributed by atoms with E-state index in [0.717, 1.165) is 6.07 Å². The zero-order valence-electron chi connectivity index (χ0n) is 7.92. The van der Waals surface area contributed by atoms with Gasteiger partial charge >= 0.3 is 0 Å². The van der Waals surface area contributed by atoms with Crippen molar-refractivity contribution in [1.82, 2.24) is 9.97 Å². The highest BCUT2D eigenvalue weighted by molar-refractivity contribution is 5.62. The van der Waals surface area contributed by atoms with E-state index in [9.17, 15) is 13.2 Å². The largest absolute Gasteiger partial charge is 0.368 e. The van der Waals surface area contributed by atoms with Crippen molar-refractivity contribution in [2.45, 2.75) is 0 Å². The van der Waals surface area contributed by atoms with Crippen LogP contribution in [0.1, 0.15) is 0 Å². The molecule has 0 spiro atoms. The van der Waals surface area contributed by atoms with E-state index in [4.69, 9.17) is 5.73 Å². The highest BCUT2D eigenvalue weighted by Gasteiger charge is 2.11. The molecule has 0 saturated heterocycles. The van der Waals surface area contributed by atoms with Crippen LogP contribution in [0.3, 0.4) is 0 Å². The molecule has 0 bridgehead atoms. The smallest absolute Gasteiger partial charge is 0.219 e. The van der Waals surface area contributed by atoms with Crippen molar-refractivity contribution in [3.63, 3.8) is 0 Å². The summed E-state index contributed by atoms with van der Waals surface area (Å²) in [5, 5.41) is 0. The van der Waals surface area contributed by atoms with Crippen molar-refractivity contribution < 1.29 is 13.2 Å². The number of benzene rings is 1. The fourth-order valence-electron chi connectivity index (χ4n) is 1.22. The van der Waals surface area contributed by atoms with E-state index in [1.165, 1.54) is 12.4 Å². The number of nitrogens with two attached hydrogens (primary N) is 1. The predicted octanol–water partition coefficient (Wildman–Crippen LogP) is 2.14. The average Bonchev–Trinajstić information content (AvgIpc) is 2.25. The molecule has 0 aliphatic heterocycles. The van der Waals surface area contributed by atoms with Gasteiger partial charge in [-0.05, 0) is 6.07 Å². The zero-order valence-corrected chi connectivity index (χ0v) is 7.92. The van der Waals surface area contributed by atoms with Crippen LogP contribution in [0.2, 0.25) is 0 Å². The Morgan fingerprint density at radius 1 is 0.875 bits per heavy atom. The second-order valence-corrected chi connectivity index (χ2v) is 3.08. The highest BCUT2D eigenvalue weighted by atomic mass is 19.2. The lowest BCUT2D eigenvalue weighted by molar-refractivity contribution is 0.496. The normalized spacial score (nSPS) is 10.4. The number of rotatable bonds is 1. The molecule has 3 nitrogen and oxygen atoms in total. The molecule has 0 fully saturated rings. The van der Waals surface area contributed by atoms with Crippen molar-refractivity contribution in [2.24, 2.45) is 0 Å². The van der Waals surface area contributed by atoms with Crippen molar-refractivity contribution in [2.75, 3.05) is 5.73 Å². The molecular weight excluding hydrogens is 219 g/mol. The zero-order chi connectivity index (χ0) is 11.7. The van der Waals surface area contributed by atoms with Crippen LogP contribution in [-0.2, 0) is 0 Å². The van der Waals surface area contributed by atoms with Gasteiger partial charge in [0.25, 0.3) is 0 Å². The topological polar surface area (TPSA) is 51.8 Å². The van der Waals surface area contributed by atoms with Crippen molar-refractivity contribution in [1.29, 1.82) is 0 Å². The maximum absolute atomic E-state index is 13.3. The molecule has 0 atom stereocenters. The lowest BCUT2D eigenvalue weighted by Gasteiger charge is -2.03. The Hall–Kier alpha value is -2.11. The summed E-state index contributed by atoms with van der Waals surface area (Å²) >= 11 is 0. The third-order valence-electron chi connectivity index (χ3n) is 1.99. The van der Waals surface area contributed by atoms with Crippen LogP contribution >= 0.6 is 0 Å². The van der Waals surface area contributed by atoms with E-state index in [0.29, 0.717) is 6.07 Å². The third kappa shape index (κ3) is 1.81. The third-order valence-corrected chi connectivity index (χ3v) is 1.99. The molecule has 6 heteroatoms. The van der Waals surface area contributed by atoms with Crippen LogP contribution in [0.4, 0.5) is 19.1 Å². The summed E-state index contributed by atoms with van der Waals surface area (Å²) in [5.41, 5.74) is 5.36. The number of nitrogens with zero attached hydrogens (tertiary/aromatic N) is 2. The number of hydrogen-bond acceptors (Lipinski definition) is 3. The fourth-order valence-corrected chi connectivity index (χ4v) is 1.22. The minimum atomic E-state index is -1.24. The van der Waals surface area contributed by atoms with E-state index >= 15 is 0 Å². The Labute approximate surface area is 88.8 Å². The summed E-state index contributed by atoms with van der Waals surface area (Å²) in [6.45, 7) is 0. The molecule has 0 aliphatic rings. The molecule has 0 saturated carbocycles. The Bertz CT molecular complexity index is 526. The molecule has 2 rings (SSSR count). The van der Waals surface area contributed by atoms with Crippen molar-refractivity contribution >= 4 is 5.95 Å². The van der Waals surface area contributed by atoms with Crippen LogP contribution in [0.5, 0.6) is 0 Å². The quantitative estimate of drug-likeness (QED) is 0.756. The molecule has 0 radical (unpaired) electrons. The van der Waals surface area contributed by atoms with Gasteiger partial charge in [-0.1, -0.05) is 0 Å². The summed E-state index contributed by atoms with van der Waals surface area (Å²) in [4.78, 5) is 7.27. The van der Waals surface area contributed by atoms with Gasteiger partial charge in [0.15, 0.2) is 11.6 Å². The van der Waals surface area contributed by atoms with Gasteiger partial charge in [-0.2, -0.15) is 0 Å². The van der Waals surface area contributed by atoms with Crippen molar-refractivity contribution in [3.05, 3.63) is 42.0 Å². The molecule has 0 amide bonds. The molecule has 16 heavy (non-hydrogen) atoms. The number of anilines is 1. The average molecular weight is 225 g/mol. The van der Waals surface area contributed by atoms with Crippen LogP contribution in [-0.4, -0.2) is 9.97 Å². The summed E-state index contributed by atoms with van der Waals surface area (Å²) in [6.07, 6.45) is 2.47. The fraction of sp³-hybridized carbons (Fsp3) is 0. The first-order valence-electron chi connectivity index (χ1n) is 4.30. The monoisotopic (exact) mass is 225 g/mol. The minimum Gasteiger partial charge on any atom is -0.368 e. The van der Waals surface area contributed by atoms with E-state index in [2.05, 4.69) is 9.97 Å². The first kappa shape index (κ1) is 10.4. The SMILES string of the molecule is Nc1ncc(-c2cc(F)c(F)cc2F)cn1. The standard InChI is InChI=1S/C10H6F3N3/c11-7-2-9(13)8(12)1-6(7)5-3-15-10(14)16-4-5/h1-4H,(H2,14,15,16). The van der Waals surface area contributed by atoms with Crippen molar-refractivity contribution in [3.8, 4) is 11.1 Å². The van der Waals surface area contributed by atoms with E-state index in [1.54, 1.807) is 0 Å². The molecule has 82 valence electrons. The van der Waals surface area contributed by atoms with Gasteiger partial charge in [0, 0.05) is 29.6 Å². The summed E-state index contributed by atoms with van der Waals surface area (Å²) in [7, 11) is 0. The lowest BCUT2D eigenvalue weighted by Crippen LogP contribution is -1.96. The van der Waals surface area contributed by atoms with Crippen LogP contribution in [0.25, 0.3) is 11.1 Å². The van der Waals surface area contributed by atoms with Crippen LogP contribution in [0.15, 0.2) is 24.5 Å². The Kier molecular flexibility index (Phi) is 2.47. The summed E-state index contributed by atoms with van der Waals surface area (Å²) in [6, 6.07) is 1.22.